The molecule has 126 valence electrons. The number of benzene rings is 2. The lowest BCUT2D eigenvalue weighted by Gasteiger charge is -2.34. The van der Waals surface area contributed by atoms with E-state index < -0.39 is 0 Å². The van der Waals surface area contributed by atoms with Crippen LogP contribution in [0.25, 0.3) is 0 Å². The van der Waals surface area contributed by atoms with Gasteiger partial charge in [0, 0.05) is 18.2 Å². The highest BCUT2D eigenvalue weighted by Gasteiger charge is 2.23. The maximum atomic E-state index is 12.7. The summed E-state index contributed by atoms with van der Waals surface area (Å²) in [6.45, 7) is 1.25. The van der Waals surface area contributed by atoms with Gasteiger partial charge in [0.15, 0.2) is 5.78 Å². The molecule has 0 unspecified atom stereocenters. The molecule has 0 amide bonds. The third-order valence-corrected chi connectivity index (χ3v) is 4.86. The lowest BCUT2D eigenvalue weighted by atomic mass is 9.93. The van der Waals surface area contributed by atoms with Crippen LogP contribution in [0.15, 0.2) is 54.6 Å². The van der Waals surface area contributed by atoms with Crippen LogP contribution < -0.4 is 0 Å². The molecule has 3 heteroatoms. The number of carbonyl (C=O) groups is 1. The first kappa shape index (κ1) is 16.7. The maximum absolute atomic E-state index is 12.7. The highest BCUT2D eigenvalue weighted by Crippen LogP contribution is 2.24. The average Bonchev–Trinajstić information content (AvgIpc) is 2.63. The molecule has 0 radical (unpaired) electrons. The third kappa shape index (κ3) is 4.45. The number of phenolic OH excluding ortho intramolecular Hbond substituents is 1. The Morgan fingerprint density at radius 1 is 0.958 bits per heavy atom. The van der Waals surface area contributed by atoms with E-state index in [-0.39, 0.29) is 11.5 Å². The molecule has 0 spiro atoms. The van der Waals surface area contributed by atoms with Gasteiger partial charge in [0.1, 0.15) is 5.75 Å². The third-order valence-electron chi connectivity index (χ3n) is 4.86. The largest absolute Gasteiger partial charge is 0.508 e. The molecule has 1 N–H and O–H groups in total. The Hall–Kier alpha value is -2.13. The number of carbonyl (C=O) groups excluding carboxylic acids is 1. The van der Waals surface area contributed by atoms with E-state index in [1.807, 2.05) is 6.07 Å². The Labute approximate surface area is 143 Å². The van der Waals surface area contributed by atoms with E-state index in [0.717, 1.165) is 6.54 Å². The van der Waals surface area contributed by atoms with E-state index >= 15 is 0 Å². The predicted octanol–water partition coefficient (Wildman–Crippen LogP) is 4.41. The normalized spacial score (nSPS) is 15.5. The molecular weight excluding hydrogens is 298 g/mol. The molecule has 1 saturated carbocycles. The fourth-order valence-electron chi connectivity index (χ4n) is 3.50. The molecule has 0 aromatic heterocycles. The molecule has 0 saturated heterocycles. The van der Waals surface area contributed by atoms with Crippen LogP contribution in [0.3, 0.4) is 0 Å². The van der Waals surface area contributed by atoms with Crippen LogP contribution in [-0.4, -0.2) is 28.4 Å². The minimum Gasteiger partial charge on any atom is -0.508 e. The fourth-order valence-corrected chi connectivity index (χ4v) is 3.50. The Morgan fingerprint density at radius 3 is 2.29 bits per heavy atom. The lowest BCUT2D eigenvalue weighted by molar-refractivity contribution is 0.0844. The van der Waals surface area contributed by atoms with Crippen molar-refractivity contribution < 1.29 is 9.90 Å². The second kappa shape index (κ2) is 8.11. The Balaban J connectivity index is 1.73. The van der Waals surface area contributed by atoms with Gasteiger partial charge in [-0.2, -0.15) is 0 Å². The topological polar surface area (TPSA) is 40.5 Å². The van der Waals surface area contributed by atoms with Crippen molar-refractivity contribution in [3.63, 3.8) is 0 Å². The summed E-state index contributed by atoms with van der Waals surface area (Å²) in [5.74, 6) is 0.316. The lowest BCUT2D eigenvalue weighted by Crippen LogP contribution is -2.39. The zero-order valence-electron chi connectivity index (χ0n) is 14.0. The van der Waals surface area contributed by atoms with Gasteiger partial charge in [-0.1, -0.05) is 49.6 Å². The molecule has 2 aromatic carbocycles. The zero-order chi connectivity index (χ0) is 16.8. The summed E-state index contributed by atoms with van der Waals surface area (Å²) < 4.78 is 0. The Bertz CT molecular complexity index is 645. The van der Waals surface area contributed by atoms with Crippen molar-refractivity contribution in [2.24, 2.45) is 0 Å². The van der Waals surface area contributed by atoms with Crippen molar-refractivity contribution in [2.75, 3.05) is 6.54 Å². The molecule has 0 bridgehead atoms. The highest BCUT2D eigenvalue weighted by molar-refractivity contribution is 5.97. The standard InChI is InChI=1S/C21H25NO2/c23-20-13-11-18(12-14-20)21(24)16-22(19-9-5-2-6-10-19)15-17-7-3-1-4-8-17/h1,3-4,7-8,11-14,19,23H,2,5-6,9-10,15-16H2. The van der Waals surface area contributed by atoms with Gasteiger partial charge in [-0.3, -0.25) is 9.69 Å². The van der Waals surface area contributed by atoms with Gasteiger partial charge in [0.25, 0.3) is 0 Å². The first-order valence-corrected chi connectivity index (χ1v) is 8.82. The van der Waals surface area contributed by atoms with E-state index in [2.05, 4.69) is 29.2 Å². The summed E-state index contributed by atoms with van der Waals surface area (Å²) in [5, 5.41) is 9.40. The van der Waals surface area contributed by atoms with Gasteiger partial charge in [-0.15, -0.1) is 0 Å². The minimum atomic E-state index is 0.122. The smallest absolute Gasteiger partial charge is 0.176 e. The summed E-state index contributed by atoms with van der Waals surface area (Å²) in [4.78, 5) is 15.0. The molecule has 2 aromatic rings. The molecule has 3 rings (SSSR count). The SMILES string of the molecule is O=C(CN(Cc1ccccc1)C1CCCCC1)c1ccc(O)cc1. The number of ketones is 1. The van der Waals surface area contributed by atoms with Crippen LogP contribution in [0.4, 0.5) is 0 Å². The summed E-state index contributed by atoms with van der Waals surface area (Å²) in [6, 6.07) is 17.4. The number of aromatic hydroxyl groups is 1. The summed E-state index contributed by atoms with van der Waals surface area (Å²) >= 11 is 0. The molecule has 24 heavy (non-hydrogen) atoms. The van der Waals surface area contributed by atoms with Crippen LogP contribution in [0.5, 0.6) is 5.75 Å². The van der Waals surface area contributed by atoms with E-state index in [1.54, 1.807) is 24.3 Å². The molecule has 0 atom stereocenters. The van der Waals surface area contributed by atoms with Crippen molar-refractivity contribution in [1.82, 2.24) is 4.90 Å². The Morgan fingerprint density at radius 2 is 1.62 bits per heavy atom. The second-order valence-electron chi connectivity index (χ2n) is 6.65. The Kier molecular flexibility index (Phi) is 5.65. The first-order chi connectivity index (χ1) is 11.7. The molecule has 1 aliphatic rings. The van der Waals surface area contributed by atoms with Crippen molar-refractivity contribution in [3.8, 4) is 5.75 Å². The number of hydrogen-bond acceptors (Lipinski definition) is 3. The van der Waals surface area contributed by atoms with Crippen LogP contribution in [-0.2, 0) is 6.54 Å². The van der Waals surface area contributed by atoms with Crippen molar-refractivity contribution in [2.45, 2.75) is 44.7 Å². The minimum absolute atomic E-state index is 0.122. The van der Waals surface area contributed by atoms with Crippen LogP contribution in [0.2, 0.25) is 0 Å². The van der Waals surface area contributed by atoms with Crippen molar-refractivity contribution in [1.29, 1.82) is 0 Å². The average molecular weight is 323 g/mol. The number of rotatable bonds is 6. The number of Topliss-reactive ketones (excluding diaryl/α,β-unsaturated/α-hetero) is 1. The predicted molar refractivity (Wildman–Crippen MR) is 96.2 cm³/mol. The van der Waals surface area contributed by atoms with Gasteiger partial charge in [0.05, 0.1) is 6.54 Å². The molecular formula is C21H25NO2. The van der Waals surface area contributed by atoms with E-state index in [4.69, 9.17) is 0 Å². The van der Waals surface area contributed by atoms with E-state index in [9.17, 15) is 9.90 Å². The van der Waals surface area contributed by atoms with Gasteiger partial charge >= 0.3 is 0 Å². The van der Waals surface area contributed by atoms with Crippen LogP contribution in [0.1, 0.15) is 48.0 Å². The van der Waals surface area contributed by atoms with E-state index in [1.165, 1.54) is 37.7 Å². The molecule has 1 aliphatic carbocycles. The van der Waals surface area contributed by atoms with Crippen LogP contribution >= 0.6 is 0 Å². The van der Waals surface area contributed by atoms with Crippen molar-refractivity contribution >= 4 is 5.78 Å². The molecule has 1 fully saturated rings. The monoisotopic (exact) mass is 323 g/mol. The first-order valence-electron chi connectivity index (χ1n) is 8.82. The zero-order valence-corrected chi connectivity index (χ0v) is 14.0. The summed E-state index contributed by atoms with van der Waals surface area (Å²) in [6.07, 6.45) is 6.17. The quantitative estimate of drug-likeness (QED) is 0.801. The maximum Gasteiger partial charge on any atom is 0.176 e. The fraction of sp³-hybridized carbons (Fsp3) is 0.381. The molecule has 3 nitrogen and oxygen atoms in total. The molecule has 0 aliphatic heterocycles. The summed E-state index contributed by atoms with van der Waals surface area (Å²) in [7, 11) is 0. The number of phenols is 1. The number of nitrogens with zero attached hydrogens (tertiary/aromatic N) is 1. The van der Waals surface area contributed by atoms with Crippen LogP contribution in [0, 0.1) is 0 Å². The summed E-state index contributed by atoms with van der Waals surface area (Å²) in [5.41, 5.74) is 1.92. The van der Waals surface area contributed by atoms with E-state index in [0.29, 0.717) is 18.2 Å². The van der Waals surface area contributed by atoms with Gasteiger partial charge in [-0.25, -0.2) is 0 Å². The van der Waals surface area contributed by atoms with Crippen molar-refractivity contribution in [3.05, 3.63) is 65.7 Å². The number of hydrogen-bond donors (Lipinski definition) is 1. The van der Waals surface area contributed by atoms with Gasteiger partial charge in [0.2, 0.25) is 0 Å². The molecule has 0 heterocycles. The second-order valence-corrected chi connectivity index (χ2v) is 6.65. The van der Waals surface area contributed by atoms with Gasteiger partial charge in [-0.05, 0) is 42.7 Å². The highest BCUT2D eigenvalue weighted by atomic mass is 16.3. The van der Waals surface area contributed by atoms with Gasteiger partial charge < -0.3 is 5.11 Å².